The molecule has 0 amide bonds. The maximum Gasteiger partial charge on any atom is 0.254 e. The molecule has 1 aliphatic rings. The number of methoxy groups -OCH3 is 3. The Morgan fingerprint density at radius 1 is 1.10 bits per heavy atom. The summed E-state index contributed by atoms with van der Waals surface area (Å²) in [6.45, 7) is 2.01. The van der Waals surface area contributed by atoms with E-state index in [0.29, 0.717) is 48.3 Å². The molecule has 0 atom stereocenters. The van der Waals surface area contributed by atoms with E-state index < -0.39 is 0 Å². The summed E-state index contributed by atoms with van der Waals surface area (Å²) in [4.78, 5) is 26.7. The molecule has 30 heavy (non-hydrogen) atoms. The molecular weight excluding hydrogens is 384 g/mol. The summed E-state index contributed by atoms with van der Waals surface area (Å²) in [5.41, 5.74) is 3.13. The van der Waals surface area contributed by atoms with Crippen LogP contribution in [-0.2, 0) is 19.5 Å². The number of nitrogens with zero attached hydrogens (tertiary/aromatic N) is 3. The summed E-state index contributed by atoms with van der Waals surface area (Å²) in [5.74, 6) is 2.31. The summed E-state index contributed by atoms with van der Waals surface area (Å²) >= 11 is 0. The molecule has 8 nitrogen and oxygen atoms in total. The van der Waals surface area contributed by atoms with Crippen molar-refractivity contribution in [2.45, 2.75) is 19.5 Å². The number of H-pyrrole nitrogens is 1. The molecule has 1 N–H and O–H groups in total. The Morgan fingerprint density at radius 3 is 2.50 bits per heavy atom. The minimum Gasteiger partial charge on any atom is -0.493 e. The second-order valence-electron chi connectivity index (χ2n) is 7.05. The van der Waals surface area contributed by atoms with E-state index in [1.54, 1.807) is 27.5 Å². The molecule has 0 aliphatic carbocycles. The zero-order chi connectivity index (χ0) is 21.1. The first-order valence-corrected chi connectivity index (χ1v) is 9.67. The first-order valence-electron chi connectivity index (χ1n) is 9.67. The van der Waals surface area contributed by atoms with Crippen molar-refractivity contribution in [1.82, 2.24) is 19.9 Å². The smallest absolute Gasteiger partial charge is 0.254 e. The number of benzene rings is 1. The van der Waals surface area contributed by atoms with Crippen LogP contribution in [0.25, 0.3) is 11.5 Å². The average Bonchev–Trinajstić information content (AvgIpc) is 2.78. The van der Waals surface area contributed by atoms with Crippen molar-refractivity contribution in [3.63, 3.8) is 0 Å². The molecule has 0 bridgehead atoms. The Bertz CT molecular complexity index is 1070. The van der Waals surface area contributed by atoms with Crippen molar-refractivity contribution in [3.8, 4) is 28.8 Å². The van der Waals surface area contributed by atoms with Crippen LogP contribution < -0.4 is 19.8 Å². The zero-order valence-corrected chi connectivity index (χ0v) is 17.3. The van der Waals surface area contributed by atoms with E-state index in [9.17, 15) is 4.79 Å². The molecule has 0 fully saturated rings. The van der Waals surface area contributed by atoms with Crippen LogP contribution in [0.5, 0.6) is 17.2 Å². The minimum absolute atomic E-state index is 0.0897. The Hall–Kier alpha value is -3.39. The first-order chi connectivity index (χ1) is 14.6. The molecule has 156 valence electrons. The van der Waals surface area contributed by atoms with Crippen LogP contribution in [0.15, 0.2) is 41.3 Å². The van der Waals surface area contributed by atoms with Crippen molar-refractivity contribution in [2.24, 2.45) is 0 Å². The summed E-state index contributed by atoms with van der Waals surface area (Å²) in [5, 5.41) is 0. The number of rotatable bonds is 6. The third-order valence-electron chi connectivity index (χ3n) is 5.19. The molecule has 0 unspecified atom stereocenters. The topological polar surface area (TPSA) is 89.6 Å². The highest BCUT2D eigenvalue weighted by Gasteiger charge is 2.23. The minimum atomic E-state index is -0.0897. The molecule has 1 aromatic carbocycles. The van der Waals surface area contributed by atoms with Gasteiger partial charge in [0, 0.05) is 31.4 Å². The van der Waals surface area contributed by atoms with E-state index in [4.69, 9.17) is 19.2 Å². The van der Waals surface area contributed by atoms with E-state index in [0.717, 1.165) is 23.4 Å². The fraction of sp³-hybridized carbons (Fsp3) is 0.318. The van der Waals surface area contributed by atoms with Gasteiger partial charge in [-0.3, -0.25) is 14.7 Å². The van der Waals surface area contributed by atoms with Crippen molar-refractivity contribution in [1.29, 1.82) is 0 Å². The standard InChI is InChI=1S/C22H24N4O4/c1-28-18-10-14(11-19(29-2)20(18)30-3)12-26-9-7-15-17(13-26)24-21(25-22(15)27)16-6-4-5-8-23-16/h4-6,8,10-11H,7,9,12-13H2,1-3H3,(H,24,25,27). The maximum absolute atomic E-state index is 12.6. The summed E-state index contributed by atoms with van der Waals surface area (Å²) in [6.07, 6.45) is 2.33. The number of hydrogen-bond acceptors (Lipinski definition) is 7. The number of aromatic amines is 1. The molecule has 4 rings (SSSR count). The fourth-order valence-electron chi connectivity index (χ4n) is 3.74. The Morgan fingerprint density at radius 2 is 1.87 bits per heavy atom. The average molecular weight is 408 g/mol. The van der Waals surface area contributed by atoms with Gasteiger partial charge >= 0.3 is 0 Å². The molecule has 0 saturated heterocycles. The molecule has 2 aromatic heterocycles. The van der Waals surface area contributed by atoms with Crippen LogP contribution >= 0.6 is 0 Å². The Kier molecular flexibility index (Phi) is 5.67. The number of aromatic nitrogens is 3. The third-order valence-corrected chi connectivity index (χ3v) is 5.19. The monoisotopic (exact) mass is 408 g/mol. The Balaban J connectivity index is 1.60. The lowest BCUT2D eigenvalue weighted by atomic mass is 10.0. The van der Waals surface area contributed by atoms with Crippen LogP contribution in [0.2, 0.25) is 0 Å². The number of nitrogens with one attached hydrogen (secondary N) is 1. The predicted octanol–water partition coefficient (Wildman–Crippen LogP) is 2.42. The first kappa shape index (κ1) is 19.9. The van der Waals surface area contributed by atoms with Gasteiger partial charge in [0.25, 0.3) is 5.56 Å². The van der Waals surface area contributed by atoms with Gasteiger partial charge in [0.1, 0.15) is 5.69 Å². The third kappa shape index (κ3) is 3.86. The molecule has 0 radical (unpaired) electrons. The van der Waals surface area contributed by atoms with Crippen LogP contribution in [0.3, 0.4) is 0 Å². The molecule has 0 spiro atoms. The highest BCUT2D eigenvalue weighted by molar-refractivity contribution is 5.54. The lowest BCUT2D eigenvalue weighted by Crippen LogP contribution is -2.35. The molecule has 3 aromatic rings. The van der Waals surface area contributed by atoms with Crippen LogP contribution in [0.4, 0.5) is 0 Å². The van der Waals surface area contributed by atoms with E-state index >= 15 is 0 Å². The second-order valence-corrected chi connectivity index (χ2v) is 7.05. The van der Waals surface area contributed by atoms with Gasteiger partial charge in [-0.2, -0.15) is 0 Å². The predicted molar refractivity (Wildman–Crippen MR) is 112 cm³/mol. The van der Waals surface area contributed by atoms with Gasteiger partial charge in [-0.15, -0.1) is 0 Å². The molecule has 0 saturated carbocycles. The second kappa shape index (κ2) is 8.54. The maximum atomic E-state index is 12.6. The van der Waals surface area contributed by atoms with E-state index in [1.165, 1.54) is 0 Å². The quantitative estimate of drug-likeness (QED) is 0.670. The van der Waals surface area contributed by atoms with Gasteiger partial charge in [-0.1, -0.05) is 6.07 Å². The number of pyridine rings is 1. The number of ether oxygens (including phenoxy) is 3. The van der Waals surface area contributed by atoms with Crippen LogP contribution in [0.1, 0.15) is 16.8 Å². The molecule has 8 heteroatoms. The zero-order valence-electron chi connectivity index (χ0n) is 17.3. The van der Waals surface area contributed by atoms with Crippen molar-refractivity contribution < 1.29 is 14.2 Å². The highest BCUT2D eigenvalue weighted by Crippen LogP contribution is 2.38. The van der Waals surface area contributed by atoms with Gasteiger partial charge in [0.05, 0.1) is 27.0 Å². The van der Waals surface area contributed by atoms with Gasteiger partial charge in [-0.05, 0) is 36.2 Å². The van der Waals surface area contributed by atoms with E-state index in [2.05, 4.69) is 14.9 Å². The normalized spacial score (nSPS) is 13.6. The van der Waals surface area contributed by atoms with Crippen molar-refractivity contribution >= 4 is 0 Å². The van der Waals surface area contributed by atoms with E-state index in [-0.39, 0.29) is 5.56 Å². The SMILES string of the molecule is COc1cc(CN2CCc3c(nc(-c4ccccn4)[nH]c3=O)C2)cc(OC)c1OC. The van der Waals surface area contributed by atoms with E-state index in [1.807, 2.05) is 30.3 Å². The number of fused-ring (bicyclic) bond motifs is 1. The summed E-state index contributed by atoms with van der Waals surface area (Å²) in [7, 11) is 4.80. The largest absolute Gasteiger partial charge is 0.493 e. The van der Waals surface area contributed by atoms with Crippen LogP contribution in [0, 0.1) is 0 Å². The molecule has 3 heterocycles. The summed E-state index contributed by atoms with van der Waals surface area (Å²) in [6, 6.07) is 9.43. The lowest BCUT2D eigenvalue weighted by Gasteiger charge is -2.28. The lowest BCUT2D eigenvalue weighted by molar-refractivity contribution is 0.239. The van der Waals surface area contributed by atoms with Crippen LogP contribution in [-0.4, -0.2) is 47.7 Å². The van der Waals surface area contributed by atoms with Gasteiger partial charge in [-0.25, -0.2) is 4.98 Å². The van der Waals surface area contributed by atoms with Gasteiger partial charge < -0.3 is 19.2 Å². The van der Waals surface area contributed by atoms with Crippen molar-refractivity contribution in [2.75, 3.05) is 27.9 Å². The fourth-order valence-corrected chi connectivity index (χ4v) is 3.74. The highest BCUT2D eigenvalue weighted by atomic mass is 16.5. The molecular formula is C22H24N4O4. The molecule has 1 aliphatic heterocycles. The van der Waals surface area contributed by atoms with Gasteiger partial charge in [0.2, 0.25) is 5.75 Å². The Labute approximate surface area is 174 Å². The van der Waals surface area contributed by atoms with Crippen molar-refractivity contribution in [3.05, 3.63) is 63.7 Å². The van der Waals surface area contributed by atoms with Gasteiger partial charge in [0.15, 0.2) is 17.3 Å². The summed E-state index contributed by atoms with van der Waals surface area (Å²) < 4.78 is 16.3. The number of hydrogen-bond donors (Lipinski definition) is 1.